The highest BCUT2D eigenvalue weighted by Gasteiger charge is 2.21. The molecule has 0 spiro atoms. The van der Waals surface area contributed by atoms with Crippen LogP contribution in [0.25, 0.3) is 15.2 Å². The van der Waals surface area contributed by atoms with Gasteiger partial charge in [0.1, 0.15) is 19.0 Å². The van der Waals surface area contributed by atoms with E-state index < -0.39 is 6.67 Å². The summed E-state index contributed by atoms with van der Waals surface area (Å²) >= 11 is 3.53. The maximum Gasteiger partial charge on any atom is 0.194 e. The molecule has 6 heteroatoms. The van der Waals surface area contributed by atoms with Crippen LogP contribution in [0.2, 0.25) is 0 Å². The highest BCUT2D eigenvalue weighted by Crippen LogP contribution is 2.43. The summed E-state index contributed by atoms with van der Waals surface area (Å²) in [5.41, 5.74) is 2.27. The molecule has 0 radical (unpaired) electrons. The summed E-state index contributed by atoms with van der Waals surface area (Å²) in [6.07, 6.45) is 5.47. The molecule has 0 saturated carbocycles. The summed E-state index contributed by atoms with van der Waals surface area (Å²) in [5, 5.41) is 0.439. The Morgan fingerprint density at radius 2 is 2.36 bits per heavy atom. The Hall–Kier alpha value is -1.53. The van der Waals surface area contributed by atoms with Gasteiger partial charge in [0, 0.05) is 6.20 Å². The molecule has 22 heavy (non-hydrogen) atoms. The summed E-state index contributed by atoms with van der Waals surface area (Å²) in [4.78, 5) is 7.16. The molecule has 4 rings (SSSR count). The lowest BCUT2D eigenvalue weighted by atomic mass is 10.2. The van der Waals surface area contributed by atoms with Crippen molar-refractivity contribution in [2.24, 2.45) is 0 Å². The summed E-state index contributed by atoms with van der Waals surface area (Å²) in [5.74, 6) is 0.709. The summed E-state index contributed by atoms with van der Waals surface area (Å²) in [7, 11) is 0. The normalized spacial score (nSPS) is 18.3. The Morgan fingerprint density at radius 1 is 1.45 bits per heavy atom. The van der Waals surface area contributed by atoms with Crippen LogP contribution in [0, 0.1) is 0 Å². The minimum Gasteiger partial charge on any atom is -0.491 e. The van der Waals surface area contributed by atoms with Crippen LogP contribution in [0.1, 0.15) is 24.3 Å². The first-order valence-corrected chi connectivity index (χ1v) is 8.88. The van der Waals surface area contributed by atoms with Gasteiger partial charge in [0.25, 0.3) is 0 Å². The first-order valence-electron chi connectivity index (χ1n) is 7.18. The quantitative estimate of drug-likeness (QED) is 0.673. The average molecular weight is 334 g/mol. The van der Waals surface area contributed by atoms with Crippen LogP contribution in [0.15, 0.2) is 35.4 Å². The summed E-state index contributed by atoms with van der Waals surface area (Å²) in [6, 6.07) is 5.86. The van der Waals surface area contributed by atoms with Gasteiger partial charge in [-0.2, -0.15) is 0 Å². The minimum atomic E-state index is -0.471. The fourth-order valence-corrected chi connectivity index (χ4v) is 4.79. The van der Waals surface area contributed by atoms with Crippen LogP contribution in [-0.2, 0) is 0 Å². The number of benzene rings is 1. The van der Waals surface area contributed by atoms with Gasteiger partial charge in [-0.25, -0.2) is 9.37 Å². The molecule has 3 heterocycles. The number of rotatable bonds is 4. The fraction of sp³-hybridized carbons (Fsp3) is 0.312. The van der Waals surface area contributed by atoms with Gasteiger partial charge in [0.2, 0.25) is 0 Å². The zero-order chi connectivity index (χ0) is 15.1. The van der Waals surface area contributed by atoms with Crippen molar-refractivity contribution in [3.8, 4) is 5.75 Å². The van der Waals surface area contributed by atoms with Crippen molar-refractivity contribution in [2.75, 3.05) is 13.3 Å². The van der Waals surface area contributed by atoms with Crippen molar-refractivity contribution in [3.05, 3.63) is 41.1 Å². The summed E-state index contributed by atoms with van der Waals surface area (Å²) < 4.78 is 20.8. The van der Waals surface area contributed by atoms with Crippen LogP contribution in [0.4, 0.5) is 4.39 Å². The molecule has 3 nitrogen and oxygen atoms in total. The van der Waals surface area contributed by atoms with Gasteiger partial charge in [-0.15, -0.1) is 11.8 Å². The number of allylic oxidation sites excluding steroid dienone is 2. The molecule has 2 aromatic heterocycles. The molecule has 0 N–H and O–H groups in total. The number of thioether (sulfide) groups is 1. The molecule has 0 saturated heterocycles. The van der Waals surface area contributed by atoms with Crippen LogP contribution < -0.4 is 4.74 Å². The third kappa shape index (κ3) is 2.40. The van der Waals surface area contributed by atoms with Crippen molar-refractivity contribution in [2.45, 2.75) is 18.6 Å². The highest BCUT2D eigenvalue weighted by molar-refractivity contribution is 8.03. The molecule has 0 amide bonds. The molecule has 1 aromatic carbocycles. The van der Waals surface area contributed by atoms with Crippen molar-refractivity contribution < 1.29 is 9.13 Å². The number of aromatic nitrogens is 2. The van der Waals surface area contributed by atoms with E-state index >= 15 is 0 Å². The zero-order valence-electron chi connectivity index (χ0n) is 12.1. The molecule has 1 aliphatic rings. The number of thiazole rings is 1. The molecule has 1 aliphatic heterocycles. The molecule has 114 valence electrons. The first kappa shape index (κ1) is 14.1. The fourth-order valence-electron chi connectivity index (χ4n) is 2.67. The number of ether oxygens (including phenoxy) is 1. The van der Waals surface area contributed by atoms with Crippen molar-refractivity contribution >= 4 is 38.3 Å². The van der Waals surface area contributed by atoms with Gasteiger partial charge in [0.15, 0.2) is 4.96 Å². The number of halogens is 1. The van der Waals surface area contributed by atoms with E-state index in [4.69, 9.17) is 9.72 Å². The van der Waals surface area contributed by atoms with Gasteiger partial charge < -0.3 is 4.74 Å². The van der Waals surface area contributed by atoms with Gasteiger partial charge in [-0.1, -0.05) is 17.4 Å². The number of hydrogen-bond acceptors (Lipinski definition) is 4. The minimum absolute atomic E-state index is 0.101. The van der Waals surface area contributed by atoms with Gasteiger partial charge in [0.05, 0.1) is 21.2 Å². The van der Waals surface area contributed by atoms with E-state index in [1.165, 1.54) is 4.91 Å². The van der Waals surface area contributed by atoms with Crippen LogP contribution >= 0.6 is 23.1 Å². The lowest BCUT2D eigenvalue weighted by molar-refractivity contribution is 0.273. The lowest BCUT2D eigenvalue weighted by Gasteiger charge is -2.04. The first-order chi connectivity index (χ1) is 10.7. The molecule has 0 bridgehead atoms. The van der Waals surface area contributed by atoms with E-state index in [1.54, 1.807) is 11.3 Å². The lowest BCUT2D eigenvalue weighted by Crippen LogP contribution is -1.98. The van der Waals surface area contributed by atoms with Crippen molar-refractivity contribution in [1.82, 2.24) is 9.38 Å². The predicted octanol–water partition coefficient (Wildman–Crippen LogP) is 4.98. The highest BCUT2D eigenvalue weighted by atomic mass is 32.2. The van der Waals surface area contributed by atoms with Crippen LogP contribution in [-0.4, -0.2) is 22.7 Å². The number of nitrogens with zero attached hydrogens (tertiary/aromatic N) is 2. The van der Waals surface area contributed by atoms with E-state index in [-0.39, 0.29) is 6.61 Å². The second-order valence-electron chi connectivity index (χ2n) is 5.24. The van der Waals surface area contributed by atoms with E-state index in [1.807, 2.05) is 30.0 Å². The maximum atomic E-state index is 12.2. The zero-order valence-corrected chi connectivity index (χ0v) is 13.7. The Balaban J connectivity index is 1.69. The Morgan fingerprint density at radius 3 is 3.14 bits per heavy atom. The monoisotopic (exact) mass is 334 g/mol. The topological polar surface area (TPSA) is 26.5 Å². The van der Waals surface area contributed by atoms with E-state index in [9.17, 15) is 4.39 Å². The molecule has 3 aromatic rings. The largest absolute Gasteiger partial charge is 0.491 e. The third-order valence-corrected chi connectivity index (χ3v) is 5.98. The molecule has 1 unspecified atom stereocenters. The van der Waals surface area contributed by atoms with E-state index in [2.05, 4.69) is 23.6 Å². The average Bonchev–Trinajstić information content (AvgIpc) is 3.18. The molecule has 0 fully saturated rings. The van der Waals surface area contributed by atoms with E-state index in [0.717, 1.165) is 27.3 Å². The van der Waals surface area contributed by atoms with Gasteiger partial charge in [-0.3, -0.25) is 4.40 Å². The smallest absolute Gasteiger partial charge is 0.194 e. The van der Waals surface area contributed by atoms with Crippen LogP contribution in [0.3, 0.4) is 0 Å². The summed E-state index contributed by atoms with van der Waals surface area (Å²) in [6.45, 7) is 1.78. The SMILES string of the molecule is CC1=CCC(c2cn3c(n2)sc2cc(OCCF)ccc23)S1. The van der Waals surface area contributed by atoms with Crippen molar-refractivity contribution in [3.63, 3.8) is 0 Å². The number of fused-ring (bicyclic) bond motifs is 3. The number of hydrogen-bond donors (Lipinski definition) is 0. The number of imidazole rings is 1. The third-order valence-electron chi connectivity index (χ3n) is 3.71. The molecular formula is C16H15FN2OS2. The Kier molecular flexibility index (Phi) is 3.58. The van der Waals surface area contributed by atoms with Gasteiger partial charge >= 0.3 is 0 Å². The predicted molar refractivity (Wildman–Crippen MR) is 90.8 cm³/mol. The second-order valence-corrected chi connectivity index (χ2v) is 7.70. The Labute approximate surface area is 135 Å². The molecule has 1 atom stereocenters. The van der Waals surface area contributed by atoms with E-state index in [0.29, 0.717) is 11.0 Å². The standard InChI is InChI=1S/C16H15FN2OS2/c1-10-2-5-14(21-10)12-9-19-13-4-3-11(20-7-6-17)8-15(13)22-16(19)18-12/h2-4,8-9,14H,5-7H2,1H3. The Bertz CT molecular complexity index is 868. The number of alkyl halides is 1. The molecule has 0 aliphatic carbocycles. The molecular weight excluding hydrogens is 319 g/mol. The maximum absolute atomic E-state index is 12.2. The van der Waals surface area contributed by atoms with Crippen LogP contribution in [0.5, 0.6) is 5.75 Å². The van der Waals surface area contributed by atoms with Gasteiger partial charge in [-0.05, 0) is 36.4 Å². The van der Waals surface area contributed by atoms with Crippen molar-refractivity contribution in [1.29, 1.82) is 0 Å². The second kappa shape index (κ2) is 5.59.